The highest BCUT2D eigenvalue weighted by Gasteiger charge is 2.47. The molecule has 0 aromatic carbocycles. The van der Waals surface area contributed by atoms with E-state index in [-0.39, 0.29) is 23.2 Å². The van der Waals surface area contributed by atoms with Gasteiger partial charge in [-0.25, -0.2) is 8.42 Å². The molecule has 1 unspecified atom stereocenters. The summed E-state index contributed by atoms with van der Waals surface area (Å²) in [6.45, 7) is 0.873. The van der Waals surface area contributed by atoms with Crippen molar-refractivity contribution in [3.05, 3.63) is 0 Å². The minimum absolute atomic E-state index is 0. The average molecular weight is 226 g/mol. The Morgan fingerprint density at radius 1 is 1.38 bits per heavy atom. The second-order valence-electron chi connectivity index (χ2n) is 4.15. The fourth-order valence-corrected chi connectivity index (χ4v) is 3.17. The molecule has 78 valence electrons. The fourth-order valence-electron chi connectivity index (χ4n) is 2.01. The normalized spacial score (nSPS) is 31.0. The Labute approximate surface area is 85.6 Å². The summed E-state index contributed by atoms with van der Waals surface area (Å²) in [5.74, 6) is 0. The smallest absolute Gasteiger partial charge is 0.150 e. The Morgan fingerprint density at radius 3 is 2.46 bits per heavy atom. The van der Waals surface area contributed by atoms with Crippen LogP contribution in [-0.4, -0.2) is 32.0 Å². The zero-order valence-electron chi connectivity index (χ0n) is 7.75. The van der Waals surface area contributed by atoms with Gasteiger partial charge in [-0.05, 0) is 32.2 Å². The van der Waals surface area contributed by atoms with Crippen molar-refractivity contribution in [1.82, 2.24) is 5.32 Å². The summed E-state index contributed by atoms with van der Waals surface area (Å²) < 4.78 is 22.5. The van der Waals surface area contributed by atoms with Crippen molar-refractivity contribution in [3.8, 4) is 0 Å². The van der Waals surface area contributed by atoms with Crippen molar-refractivity contribution in [2.75, 3.05) is 12.8 Å². The Kier molecular flexibility index (Phi) is 2.95. The summed E-state index contributed by atoms with van der Waals surface area (Å²) in [4.78, 5) is 0. The summed E-state index contributed by atoms with van der Waals surface area (Å²) in [5.41, 5.74) is 0.228. The molecule has 0 aromatic rings. The average Bonchev–Trinajstić information content (AvgIpc) is 2.68. The van der Waals surface area contributed by atoms with E-state index in [1.165, 1.54) is 19.1 Å². The van der Waals surface area contributed by atoms with Gasteiger partial charge in [0.2, 0.25) is 0 Å². The summed E-state index contributed by atoms with van der Waals surface area (Å²) >= 11 is 0. The largest absolute Gasteiger partial charge is 0.311 e. The molecular formula is C8H16ClNO2S. The van der Waals surface area contributed by atoms with Crippen LogP contribution in [0.3, 0.4) is 0 Å². The molecule has 0 aromatic heterocycles. The van der Waals surface area contributed by atoms with E-state index in [0.29, 0.717) is 0 Å². The van der Waals surface area contributed by atoms with Gasteiger partial charge in [0.05, 0.1) is 5.25 Å². The van der Waals surface area contributed by atoms with Gasteiger partial charge < -0.3 is 5.32 Å². The van der Waals surface area contributed by atoms with Gasteiger partial charge in [0.15, 0.2) is 0 Å². The standard InChI is InChI=1S/C8H15NO2S.ClH/c1-12(10,11)7-2-5-9-8(6-7)3-4-8;/h7,9H,2-6H2,1H3;1H. The number of halogens is 1. The van der Waals surface area contributed by atoms with E-state index in [1.807, 2.05) is 0 Å². The van der Waals surface area contributed by atoms with Gasteiger partial charge in [-0.2, -0.15) is 0 Å². The van der Waals surface area contributed by atoms with E-state index in [1.54, 1.807) is 0 Å². The molecule has 2 rings (SSSR count). The Morgan fingerprint density at radius 2 is 2.00 bits per heavy atom. The van der Waals surface area contributed by atoms with Crippen LogP contribution < -0.4 is 5.32 Å². The van der Waals surface area contributed by atoms with Crippen LogP contribution in [0.1, 0.15) is 25.7 Å². The lowest BCUT2D eigenvalue weighted by atomic mass is 10.0. The first kappa shape index (κ1) is 11.3. The molecule has 1 saturated heterocycles. The third-order valence-corrected chi connectivity index (χ3v) is 4.66. The van der Waals surface area contributed by atoms with Gasteiger partial charge in [0.1, 0.15) is 9.84 Å². The van der Waals surface area contributed by atoms with Crippen LogP contribution in [0.4, 0.5) is 0 Å². The van der Waals surface area contributed by atoms with E-state index in [9.17, 15) is 8.42 Å². The zero-order valence-corrected chi connectivity index (χ0v) is 9.38. The lowest BCUT2D eigenvalue weighted by Crippen LogP contribution is -2.44. The summed E-state index contributed by atoms with van der Waals surface area (Å²) in [6, 6.07) is 0. The molecule has 13 heavy (non-hydrogen) atoms. The minimum Gasteiger partial charge on any atom is -0.311 e. The molecular weight excluding hydrogens is 210 g/mol. The SMILES string of the molecule is CS(=O)(=O)C1CCNC2(CC2)C1.Cl. The molecule has 1 heterocycles. The third-order valence-electron chi connectivity index (χ3n) is 3.04. The van der Waals surface area contributed by atoms with Crippen LogP contribution >= 0.6 is 12.4 Å². The van der Waals surface area contributed by atoms with Crippen LogP contribution in [0, 0.1) is 0 Å². The quantitative estimate of drug-likeness (QED) is 0.716. The predicted octanol–water partition coefficient (Wildman–Crippen LogP) is 0.737. The van der Waals surface area contributed by atoms with Gasteiger partial charge in [0.25, 0.3) is 0 Å². The van der Waals surface area contributed by atoms with E-state index in [2.05, 4.69) is 5.32 Å². The topological polar surface area (TPSA) is 46.2 Å². The van der Waals surface area contributed by atoms with Crippen LogP contribution in [0.25, 0.3) is 0 Å². The Balaban J connectivity index is 0.000000845. The Bertz CT molecular complexity index is 285. The molecule has 2 aliphatic rings. The molecule has 5 heteroatoms. The fraction of sp³-hybridized carbons (Fsp3) is 1.00. The number of piperidine rings is 1. The van der Waals surface area contributed by atoms with E-state index < -0.39 is 9.84 Å². The van der Waals surface area contributed by atoms with Crippen molar-refractivity contribution in [1.29, 1.82) is 0 Å². The van der Waals surface area contributed by atoms with E-state index >= 15 is 0 Å². The molecule has 0 radical (unpaired) electrons. The molecule has 2 fully saturated rings. The highest BCUT2D eigenvalue weighted by atomic mass is 35.5. The van der Waals surface area contributed by atoms with Crippen molar-refractivity contribution >= 4 is 22.2 Å². The zero-order chi connectivity index (χ0) is 8.82. The van der Waals surface area contributed by atoms with E-state index in [4.69, 9.17) is 0 Å². The first-order valence-corrected chi connectivity index (χ1v) is 6.41. The van der Waals surface area contributed by atoms with Crippen molar-refractivity contribution < 1.29 is 8.42 Å². The van der Waals surface area contributed by atoms with Crippen LogP contribution in [0.5, 0.6) is 0 Å². The minimum atomic E-state index is -2.80. The summed E-state index contributed by atoms with van der Waals surface area (Å²) in [5, 5.41) is 3.32. The van der Waals surface area contributed by atoms with Crippen molar-refractivity contribution in [2.45, 2.75) is 36.5 Å². The maximum atomic E-state index is 11.3. The number of hydrogen-bond acceptors (Lipinski definition) is 3. The molecule has 1 N–H and O–H groups in total. The number of nitrogens with one attached hydrogen (secondary N) is 1. The lowest BCUT2D eigenvalue weighted by molar-refractivity contribution is 0.382. The molecule has 1 saturated carbocycles. The van der Waals surface area contributed by atoms with Crippen LogP contribution in [-0.2, 0) is 9.84 Å². The third kappa shape index (κ3) is 2.36. The van der Waals surface area contributed by atoms with Gasteiger partial charge in [-0.1, -0.05) is 0 Å². The molecule has 1 aliphatic carbocycles. The van der Waals surface area contributed by atoms with E-state index in [0.717, 1.165) is 19.4 Å². The lowest BCUT2D eigenvalue weighted by Gasteiger charge is -2.29. The molecule has 1 spiro atoms. The number of hydrogen-bond donors (Lipinski definition) is 1. The summed E-state index contributed by atoms with van der Waals surface area (Å²) in [7, 11) is -2.80. The van der Waals surface area contributed by atoms with Gasteiger partial charge in [-0.3, -0.25) is 0 Å². The second-order valence-corrected chi connectivity index (χ2v) is 6.48. The van der Waals surface area contributed by atoms with Crippen molar-refractivity contribution in [2.24, 2.45) is 0 Å². The molecule has 1 atom stereocenters. The van der Waals surface area contributed by atoms with Gasteiger partial charge in [0, 0.05) is 11.8 Å². The highest BCUT2D eigenvalue weighted by molar-refractivity contribution is 7.91. The predicted molar refractivity (Wildman–Crippen MR) is 55.1 cm³/mol. The molecule has 0 bridgehead atoms. The summed E-state index contributed by atoms with van der Waals surface area (Å²) in [6.07, 6.45) is 5.32. The molecule has 0 amide bonds. The van der Waals surface area contributed by atoms with Crippen molar-refractivity contribution in [3.63, 3.8) is 0 Å². The van der Waals surface area contributed by atoms with Crippen LogP contribution in [0.15, 0.2) is 0 Å². The highest BCUT2D eigenvalue weighted by Crippen LogP contribution is 2.43. The van der Waals surface area contributed by atoms with Crippen LogP contribution in [0.2, 0.25) is 0 Å². The maximum Gasteiger partial charge on any atom is 0.150 e. The van der Waals surface area contributed by atoms with Gasteiger partial charge in [-0.15, -0.1) is 12.4 Å². The Hall–Kier alpha value is 0.200. The number of sulfone groups is 1. The first-order valence-electron chi connectivity index (χ1n) is 4.46. The van der Waals surface area contributed by atoms with Gasteiger partial charge >= 0.3 is 0 Å². The molecule has 1 aliphatic heterocycles. The monoisotopic (exact) mass is 225 g/mol. The second kappa shape index (κ2) is 3.41. The molecule has 3 nitrogen and oxygen atoms in total. The maximum absolute atomic E-state index is 11.3. The first-order chi connectivity index (χ1) is 5.52. The number of rotatable bonds is 1.